The van der Waals surface area contributed by atoms with Crippen LogP contribution < -0.4 is 10.9 Å². The number of pyridine rings is 2. The molecular formula is C20H30N2P2. The van der Waals surface area contributed by atoms with Gasteiger partial charge in [0, 0.05) is 12.4 Å². The minimum atomic E-state index is -0.290. The highest BCUT2D eigenvalue weighted by molar-refractivity contribution is 7.70. The summed E-state index contributed by atoms with van der Waals surface area (Å²) in [6.07, 6.45) is 6.30. The molecule has 24 heavy (non-hydrogen) atoms. The molecule has 4 heteroatoms. The highest BCUT2D eigenvalue weighted by Gasteiger charge is 2.31. The minimum absolute atomic E-state index is 0.271. The molecule has 2 aromatic heterocycles. The molecule has 0 N–H and O–H groups in total. The zero-order valence-electron chi connectivity index (χ0n) is 15.8. The molecule has 0 aliphatic heterocycles. The molecule has 0 aliphatic carbocycles. The molecule has 0 unspecified atom stereocenters. The summed E-state index contributed by atoms with van der Waals surface area (Å²) in [6, 6.07) is 12.7. The lowest BCUT2D eigenvalue weighted by Crippen LogP contribution is -2.28. The van der Waals surface area contributed by atoms with Crippen LogP contribution in [0.1, 0.15) is 41.5 Å². The predicted molar refractivity (Wildman–Crippen MR) is 111 cm³/mol. The Labute approximate surface area is 150 Å². The first-order valence-corrected chi connectivity index (χ1v) is 11.6. The summed E-state index contributed by atoms with van der Waals surface area (Å²) >= 11 is 0. The second-order valence-corrected chi connectivity index (χ2v) is 14.2. The number of aromatic nitrogens is 2. The molecule has 0 aliphatic rings. The van der Waals surface area contributed by atoms with Gasteiger partial charge in [0.1, 0.15) is 0 Å². The van der Waals surface area contributed by atoms with Gasteiger partial charge in [0.2, 0.25) is 0 Å². The van der Waals surface area contributed by atoms with Crippen molar-refractivity contribution in [2.75, 3.05) is 12.3 Å². The van der Waals surface area contributed by atoms with E-state index in [9.17, 15) is 0 Å². The number of hydrogen-bond acceptors (Lipinski definition) is 2. The van der Waals surface area contributed by atoms with E-state index in [0.29, 0.717) is 0 Å². The molecule has 0 aromatic carbocycles. The normalized spacial score (nSPS) is 15.1. The Kier molecular flexibility index (Phi) is 6.52. The lowest BCUT2D eigenvalue weighted by Gasteiger charge is -2.35. The van der Waals surface area contributed by atoms with E-state index in [-0.39, 0.29) is 26.2 Å². The third-order valence-electron chi connectivity index (χ3n) is 4.02. The third kappa shape index (κ3) is 5.33. The topological polar surface area (TPSA) is 25.8 Å². The van der Waals surface area contributed by atoms with Crippen LogP contribution in [0.15, 0.2) is 48.8 Å². The summed E-state index contributed by atoms with van der Waals surface area (Å²) in [7, 11) is -0.579. The van der Waals surface area contributed by atoms with Crippen molar-refractivity contribution in [3.63, 3.8) is 0 Å². The van der Waals surface area contributed by atoms with Crippen LogP contribution in [-0.4, -0.2) is 32.6 Å². The molecule has 0 fully saturated rings. The summed E-state index contributed by atoms with van der Waals surface area (Å²) in [6.45, 7) is 14.1. The van der Waals surface area contributed by atoms with E-state index in [1.165, 1.54) is 23.2 Å². The van der Waals surface area contributed by atoms with Crippen LogP contribution >= 0.6 is 15.8 Å². The van der Waals surface area contributed by atoms with Crippen molar-refractivity contribution in [1.82, 2.24) is 9.97 Å². The van der Waals surface area contributed by atoms with Crippen LogP contribution in [-0.2, 0) is 0 Å². The lowest BCUT2D eigenvalue weighted by molar-refractivity contribution is 0.779. The van der Waals surface area contributed by atoms with Gasteiger partial charge in [-0.05, 0) is 62.7 Å². The monoisotopic (exact) mass is 360 g/mol. The Bertz CT molecular complexity index is 558. The number of rotatable bonds is 5. The highest BCUT2D eigenvalue weighted by atomic mass is 31.1. The molecule has 0 spiro atoms. The van der Waals surface area contributed by atoms with Crippen molar-refractivity contribution in [2.45, 2.75) is 51.9 Å². The van der Waals surface area contributed by atoms with Crippen LogP contribution in [0, 0.1) is 0 Å². The van der Waals surface area contributed by atoms with E-state index >= 15 is 0 Å². The molecular weight excluding hydrogens is 330 g/mol. The van der Waals surface area contributed by atoms with E-state index in [1.54, 1.807) is 0 Å². The van der Waals surface area contributed by atoms with Gasteiger partial charge in [-0.2, -0.15) is 0 Å². The lowest BCUT2D eigenvalue weighted by atomic mass is 10.3. The van der Waals surface area contributed by atoms with Gasteiger partial charge in [0.15, 0.2) is 0 Å². The van der Waals surface area contributed by atoms with Crippen LogP contribution in [0.2, 0.25) is 0 Å². The van der Waals surface area contributed by atoms with Crippen molar-refractivity contribution in [1.29, 1.82) is 0 Å². The molecule has 0 saturated heterocycles. The zero-order chi connectivity index (χ0) is 17.8. The van der Waals surface area contributed by atoms with Crippen LogP contribution in [0.3, 0.4) is 0 Å². The van der Waals surface area contributed by atoms with Gasteiger partial charge in [0.05, 0.1) is 10.9 Å². The minimum Gasteiger partial charge on any atom is -0.257 e. The molecule has 2 aromatic rings. The van der Waals surface area contributed by atoms with Gasteiger partial charge in [-0.15, -0.1) is 0 Å². The molecule has 0 amide bonds. The summed E-state index contributed by atoms with van der Waals surface area (Å²) < 4.78 is 0. The molecule has 2 nitrogen and oxygen atoms in total. The quantitative estimate of drug-likeness (QED) is 0.702. The second-order valence-electron chi connectivity index (χ2n) is 8.02. The first-order valence-electron chi connectivity index (χ1n) is 8.57. The Balaban J connectivity index is 2.23. The maximum atomic E-state index is 4.68. The Morgan fingerprint density at radius 2 is 1.04 bits per heavy atom. The average molecular weight is 360 g/mol. The average Bonchev–Trinajstić information content (AvgIpc) is 2.51. The standard InChI is InChI=1S/C20H30N2P2/c1-19(2,3)23(17-11-7-9-13-21-17)15-16-24(20(4,5)6)18-12-8-10-14-22-18/h7-14H,15-16H2,1-6H3/t23-,24-/m0/s1. The fourth-order valence-electron chi connectivity index (χ4n) is 2.81. The molecule has 0 saturated carbocycles. The van der Waals surface area contributed by atoms with Crippen molar-refractivity contribution in [3.8, 4) is 0 Å². The summed E-state index contributed by atoms with van der Waals surface area (Å²) in [5.41, 5.74) is 2.56. The molecule has 2 heterocycles. The number of nitrogens with zero attached hydrogens (tertiary/aromatic N) is 2. The van der Waals surface area contributed by atoms with Crippen LogP contribution in [0.4, 0.5) is 0 Å². The molecule has 0 radical (unpaired) electrons. The van der Waals surface area contributed by atoms with Gasteiger partial charge >= 0.3 is 0 Å². The van der Waals surface area contributed by atoms with Crippen LogP contribution in [0.25, 0.3) is 0 Å². The van der Waals surface area contributed by atoms with Gasteiger partial charge in [0.25, 0.3) is 0 Å². The maximum Gasteiger partial charge on any atom is 0.0636 e. The van der Waals surface area contributed by atoms with Crippen LogP contribution in [0.5, 0.6) is 0 Å². The smallest absolute Gasteiger partial charge is 0.0636 e. The summed E-state index contributed by atoms with van der Waals surface area (Å²) in [5.74, 6) is 0. The van der Waals surface area contributed by atoms with Crippen molar-refractivity contribution >= 4 is 26.7 Å². The first kappa shape index (κ1) is 19.5. The van der Waals surface area contributed by atoms with E-state index in [4.69, 9.17) is 0 Å². The Morgan fingerprint density at radius 3 is 1.29 bits per heavy atom. The van der Waals surface area contributed by atoms with E-state index in [2.05, 4.69) is 75.8 Å². The first-order chi connectivity index (χ1) is 11.2. The van der Waals surface area contributed by atoms with E-state index in [1.807, 2.05) is 24.5 Å². The Hall–Kier alpha value is -0.840. The highest BCUT2D eigenvalue weighted by Crippen LogP contribution is 2.54. The van der Waals surface area contributed by atoms with Crippen molar-refractivity contribution < 1.29 is 0 Å². The van der Waals surface area contributed by atoms with Gasteiger partial charge < -0.3 is 0 Å². The van der Waals surface area contributed by atoms with Gasteiger partial charge in [-0.25, -0.2) is 0 Å². The largest absolute Gasteiger partial charge is 0.257 e. The maximum absolute atomic E-state index is 4.68. The third-order valence-corrected chi connectivity index (χ3v) is 10.6. The number of hydrogen-bond donors (Lipinski definition) is 0. The van der Waals surface area contributed by atoms with Gasteiger partial charge in [-0.1, -0.05) is 53.7 Å². The summed E-state index contributed by atoms with van der Waals surface area (Å²) in [4.78, 5) is 9.36. The fourth-order valence-corrected chi connectivity index (χ4v) is 8.53. The van der Waals surface area contributed by atoms with E-state index in [0.717, 1.165) is 0 Å². The second kappa shape index (κ2) is 8.03. The molecule has 130 valence electrons. The fraction of sp³-hybridized carbons (Fsp3) is 0.500. The van der Waals surface area contributed by atoms with Gasteiger partial charge in [-0.3, -0.25) is 9.97 Å². The predicted octanol–water partition coefficient (Wildman–Crippen LogP) is 4.99. The zero-order valence-corrected chi connectivity index (χ0v) is 17.6. The molecule has 2 rings (SSSR count). The summed E-state index contributed by atoms with van der Waals surface area (Å²) in [5, 5.41) is 0.541. The van der Waals surface area contributed by atoms with Crippen molar-refractivity contribution in [2.24, 2.45) is 0 Å². The molecule has 2 atom stereocenters. The molecule has 0 bridgehead atoms. The van der Waals surface area contributed by atoms with Crippen molar-refractivity contribution in [3.05, 3.63) is 48.8 Å². The Morgan fingerprint density at radius 1 is 0.667 bits per heavy atom. The SMILES string of the molecule is CC(C)(C)[P@@](CC[P@@](c1ccccn1)C(C)(C)C)c1ccccn1. The van der Waals surface area contributed by atoms with E-state index < -0.39 is 0 Å².